The van der Waals surface area contributed by atoms with Gasteiger partial charge in [-0.15, -0.1) is 20.4 Å². The van der Waals surface area contributed by atoms with Crippen LogP contribution >= 0.6 is 0 Å². The van der Waals surface area contributed by atoms with Gasteiger partial charge in [-0.1, -0.05) is 18.2 Å². The number of nitrogens with zero attached hydrogens (tertiary/aromatic N) is 8. The summed E-state index contributed by atoms with van der Waals surface area (Å²) in [6.07, 6.45) is 1.93. The van der Waals surface area contributed by atoms with Crippen LogP contribution in [0.1, 0.15) is 40.4 Å². The molecule has 1 aliphatic rings. The van der Waals surface area contributed by atoms with E-state index in [0.717, 1.165) is 17.8 Å². The number of benzene rings is 1. The lowest BCUT2D eigenvalue weighted by Gasteiger charge is -2.13. The van der Waals surface area contributed by atoms with Crippen LogP contribution in [-0.2, 0) is 13.5 Å². The molecule has 3 heterocycles. The lowest BCUT2D eigenvalue weighted by Crippen LogP contribution is -2.19. The molecule has 10 nitrogen and oxygen atoms in total. The lowest BCUT2D eigenvalue weighted by atomic mass is 10.00. The predicted octanol–water partition coefficient (Wildman–Crippen LogP) is 3.16. The van der Waals surface area contributed by atoms with Gasteiger partial charge in [-0.3, -0.25) is 14.3 Å². The number of hydrogen-bond acceptors (Lipinski definition) is 7. The van der Waals surface area contributed by atoms with E-state index in [-0.39, 0.29) is 17.0 Å². The van der Waals surface area contributed by atoms with Crippen molar-refractivity contribution in [1.29, 1.82) is 0 Å². The van der Waals surface area contributed by atoms with Gasteiger partial charge in [-0.2, -0.15) is 5.10 Å². The van der Waals surface area contributed by atoms with Gasteiger partial charge < -0.3 is 0 Å². The number of azo groups is 1. The number of aromatic nitrogens is 6. The van der Waals surface area contributed by atoms with E-state index < -0.39 is 0 Å². The van der Waals surface area contributed by atoms with Gasteiger partial charge in [0.25, 0.3) is 5.56 Å². The van der Waals surface area contributed by atoms with E-state index in [0.29, 0.717) is 41.3 Å². The van der Waals surface area contributed by atoms with Crippen molar-refractivity contribution in [3.8, 4) is 5.69 Å². The van der Waals surface area contributed by atoms with Crippen LogP contribution in [0.4, 0.5) is 11.4 Å². The molecule has 0 N–H and O–H groups in total. The van der Waals surface area contributed by atoms with Crippen molar-refractivity contribution >= 4 is 22.8 Å². The molecule has 0 bridgehead atoms. The first kappa shape index (κ1) is 19.0. The van der Waals surface area contributed by atoms with Gasteiger partial charge in [-0.05, 0) is 38.8 Å². The van der Waals surface area contributed by atoms with Gasteiger partial charge in [0.05, 0.1) is 22.8 Å². The van der Waals surface area contributed by atoms with Crippen molar-refractivity contribution < 1.29 is 4.79 Å². The highest BCUT2D eigenvalue weighted by Gasteiger charge is 2.25. The van der Waals surface area contributed by atoms with Crippen LogP contribution in [0.25, 0.3) is 11.3 Å². The molecule has 31 heavy (non-hydrogen) atoms. The molecule has 0 fully saturated rings. The maximum Gasteiger partial charge on any atom is 0.299 e. The van der Waals surface area contributed by atoms with Crippen LogP contribution in [0.15, 0.2) is 45.4 Å². The SMILES string of the molecule is Cc1nn2c3c(nnc2c1N=Nc1c(C)n(C)n(-c2ccccc2)c1=O)C(=O)CCC3. The Labute approximate surface area is 176 Å². The quantitative estimate of drug-likeness (QED) is 0.476. The Balaban J connectivity index is 1.62. The van der Waals surface area contributed by atoms with Gasteiger partial charge in [0.15, 0.2) is 22.9 Å². The van der Waals surface area contributed by atoms with E-state index in [2.05, 4.69) is 25.5 Å². The number of carbonyl (C=O) groups is 1. The number of fused-ring (bicyclic) bond motifs is 3. The summed E-state index contributed by atoms with van der Waals surface area (Å²) in [6, 6.07) is 9.36. The van der Waals surface area contributed by atoms with Crippen molar-refractivity contribution in [2.24, 2.45) is 17.3 Å². The number of rotatable bonds is 3. The summed E-state index contributed by atoms with van der Waals surface area (Å²) in [5.74, 6) is -0.0200. The Hall–Kier alpha value is -3.95. The minimum Gasteiger partial charge on any atom is -0.292 e. The van der Waals surface area contributed by atoms with Crippen LogP contribution in [0.2, 0.25) is 0 Å². The molecule has 0 amide bonds. The molecule has 0 unspecified atom stereocenters. The first-order valence-corrected chi connectivity index (χ1v) is 10.0. The topological polar surface area (TPSA) is 112 Å². The number of hydrogen-bond donors (Lipinski definition) is 0. The molecular formula is C21H20N8O2. The Morgan fingerprint density at radius 3 is 2.48 bits per heavy atom. The minimum absolute atomic E-state index is 0.0200. The largest absolute Gasteiger partial charge is 0.299 e. The van der Waals surface area contributed by atoms with Gasteiger partial charge in [0.1, 0.15) is 0 Å². The Kier molecular flexibility index (Phi) is 4.35. The van der Waals surface area contributed by atoms with Crippen LogP contribution < -0.4 is 5.56 Å². The van der Waals surface area contributed by atoms with Crippen molar-refractivity contribution in [1.82, 2.24) is 29.2 Å². The van der Waals surface area contributed by atoms with Crippen molar-refractivity contribution in [3.05, 3.63) is 63.5 Å². The molecule has 0 aliphatic heterocycles. The monoisotopic (exact) mass is 416 g/mol. The van der Waals surface area contributed by atoms with E-state index in [1.165, 1.54) is 0 Å². The van der Waals surface area contributed by atoms with Gasteiger partial charge in [0, 0.05) is 13.5 Å². The number of para-hydroxylation sites is 1. The summed E-state index contributed by atoms with van der Waals surface area (Å²) in [4.78, 5) is 25.2. The number of Topliss-reactive ketones (excluding diaryl/α,β-unsaturated/α-hetero) is 1. The Morgan fingerprint density at radius 1 is 0.968 bits per heavy atom. The Morgan fingerprint density at radius 2 is 1.71 bits per heavy atom. The van der Waals surface area contributed by atoms with E-state index >= 15 is 0 Å². The third-order valence-corrected chi connectivity index (χ3v) is 5.63. The van der Waals surface area contributed by atoms with E-state index in [1.807, 2.05) is 37.3 Å². The third kappa shape index (κ3) is 2.90. The normalized spacial score (nSPS) is 14.0. The molecule has 0 atom stereocenters. The number of ketones is 1. The fraction of sp³-hybridized carbons (Fsp3) is 0.286. The van der Waals surface area contributed by atoms with Gasteiger partial charge in [-0.25, -0.2) is 9.20 Å². The summed E-state index contributed by atoms with van der Waals surface area (Å²) >= 11 is 0. The fourth-order valence-corrected chi connectivity index (χ4v) is 3.90. The van der Waals surface area contributed by atoms with Gasteiger partial charge in [0.2, 0.25) is 5.65 Å². The summed E-state index contributed by atoms with van der Waals surface area (Å²) < 4.78 is 4.92. The maximum atomic E-state index is 13.0. The van der Waals surface area contributed by atoms with E-state index in [9.17, 15) is 9.59 Å². The van der Waals surface area contributed by atoms with E-state index in [1.54, 1.807) is 27.9 Å². The molecular weight excluding hydrogens is 396 g/mol. The van der Waals surface area contributed by atoms with Crippen molar-refractivity contribution in [3.63, 3.8) is 0 Å². The first-order valence-electron chi connectivity index (χ1n) is 10.0. The highest BCUT2D eigenvalue weighted by atomic mass is 16.1. The van der Waals surface area contributed by atoms with Crippen LogP contribution in [0, 0.1) is 13.8 Å². The third-order valence-electron chi connectivity index (χ3n) is 5.63. The highest BCUT2D eigenvalue weighted by molar-refractivity contribution is 5.96. The molecule has 5 rings (SSSR count). The average molecular weight is 416 g/mol. The zero-order chi connectivity index (χ0) is 21.7. The maximum absolute atomic E-state index is 13.0. The molecule has 10 heteroatoms. The average Bonchev–Trinajstić information content (AvgIpc) is 3.20. The molecule has 3 aromatic heterocycles. The molecule has 1 aliphatic carbocycles. The first-order chi connectivity index (χ1) is 15.0. The number of carbonyl (C=O) groups excluding carboxylic acids is 1. The molecule has 1 aromatic carbocycles. The molecule has 156 valence electrons. The lowest BCUT2D eigenvalue weighted by molar-refractivity contribution is 0.0964. The zero-order valence-corrected chi connectivity index (χ0v) is 17.4. The second-order valence-corrected chi connectivity index (χ2v) is 7.55. The molecule has 0 radical (unpaired) electrons. The molecule has 0 saturated carbocycles. The second kappa shape index (κ2) is 7.08. The minimum atomic E-state index is -0.266. The Bertz CT molecular complexity index is 1430. The van der Waals surface area contributed by atoms with Crippen molar-refractivity contribution in [2.45, 2.75) is 33.1 Å². The van der Waals surface area contributed by atoms with Crippen LogP contribution in [0.3, 0.4) is 0 Å². The predicted molar refractivity (Wildman–Crippen MR) is 113 cm³/mol. The zero-order valence-electron chi connectivity index (χ0n) is 17.4. The summed E-state index contributed by atoms with van der Waals surface area (Å²) in [5, 5.41) is 21.4. The molecule has 4 aromatic rings. The summed E-state index contributed by atoms with van der Waals surface area (Å²) in [7, 11) is 1.80. The van der Waals surface area contributed by atoms with Crippen LogP contribution in [-0.4, -0.2) is 35.0 Å². The molecule has 0 spiro atoms. The van der Waals surface area contributed by atoms with Crippen molar-refractivity contribution in [2.75, 3.05) is 0 Å². The van der Waals surface area contributed by atoms with Crippen LogP contribution in [0.5, 0.6) is 0 Å². The highest BCUT2D eigenvalue weighted by Crippen LogP contribution is 2.29. The summed E-state index contributed by atoms with van der Waals surface area (Å²) in [5.41, 5.74) is 3.97. The summed E-state index contributed by atoms with van der Waals surface area (Å²) in [6.45, 7) is 3.61. The van der Waals surface area contributed by atoms with Gasteiger partial charge >= 0.3 is 0 Å². The second-order valence-electron chi connectivity index (χ2n) is 7.55. The fourth-order valence-electron chi connectivity index (χ4n) is 3.90. The molecule has 0 saturated heterocycles. The number of aryl methyl sites for hydroxylation is 2. The standard InChI is InChI=1S/C21H20N8O2/c1-12-17(20-25-24-19-15(28(20)26-12)10-7-11-16(19)30)22-23-18-13(2)27(3)29(21(18)31)14-8-5-4-6-9-14/h4-6,8-9H,7,10-11H2,1-3H3. The smallest absolute Gasteiger partial charge is 0.292 e. The van der Waals surface area contributed by atoms with E-state index in [4.69, 9.17) is 0 Å².